The maximum Gasteiger partial charge on any atom is 0.0211 e. The fourth-order valence-corrected chi connectivity index (χ4v) is 1.87. The molecule has 1 aromatic rings. The van der Waals surface area contributed by atoms with Crippen LogP contribution in [0.1, 0.15) is 24.5 Å². The van der Waals surface area contributed by atoms with E-state index < -0.39 is 0 Å². The van der Waals surface area contributed by atoms with E-state index in [1.807, 2.05) is 0 Å². The van der Waals surface area contributed by atoms with E-state index in [-0.39, 0.29) is 0 Å². The molecule has 0 saturated carbocycles. The summed E-state index contributed by atoms with van der Waals surface area (Å²) in [5.41, 5.74) is 4.26. The highest BCUT2D eigenvalue weighted by molar-refractivity contribution is 5.68. The Labute approximate surface area is 85.8 Å². The SMILES string of the molecule is CCCc1ccc(C2=CCNC2)cc1. The summed E-state index contributed by atoms with van der Waals surface area (Å²) in [7, 11) is 0. The van der Waals surface area contributed by atoms with Gasteiger partial charge in [0.1, 0.15) is 0 Å². The molecule has 1 nitrogen and oxygen atoms in total. The van der Waals surface area contributed by atoms with Gasteiger partial charge in [0.05, 0.1) is 0 Å². The molecule has 1 aromatic carbocycles. The molecule has 0 fully saturated rings. The molecule has 0 spiro atoms. The molecule has 0 aromatic heterocycles. The van der Waals surface area contributed by atoms with Crippen LogP contribution in [0, 0.1) is 0 Å². The van der Waals surface area contributed by atoms with Crippen molar-refractivity contribution < 1.29 is 0 Å². The van der Waals surface area contributed by atoms with E-state index in [9.17, 15) is 0 Å². The van der Waals surface area contributed by atoms with E-state index in [0.29, 0.717) is 0 Å². The third-order valence-electron chi connectivity index (χ3n) is 2.67. The van der Waals surface area contributed by atoms with Gasteiger partial charge in [0, 0.05) is 13.1 Å². The Morgan fingerprint density at radius 1 is 1.21 bits per heavy atom. The van der Waals surface area contributed by atoms with Gasteiger partial charge < -0.3 is 5.32 Å². The Balaban J connectivity index is 2.13. The second-order valence-corrected chi connectivity index (χ2v) is 3.81. The molecule has 0 unspecified atom stereocenters. The molecular formula is C13H17N. The van der Waals surface area contributed by atoms with E-state index in [2.05, 4.69) is 42.6 Å². The predicted octanol–water partition coefficient (Wildman–Crippen LogP) is 2.63. The maximum absolute atomic E-state index is 3.32. The first-order chi connectivity index (χ1) is 6.90. The zero-order valence-corrected chi connectivity index (χ0v) is 8.72. The van der Waals surface area contributed by atoms with Crippen LogP contribution >= 0.6 is 0 Å². The monoisotopic (exact) mass is 187 g/mol. The van der Waals surface area contributed by atoms with Crippen LogP contribution in [0.2, 0.25) is 0 Å². The largest absolute Gasteiger partial charge is 0.309 e. The Morgan fingerprint density at radius 3 is 2.57 bits per heavy atom. The molecule has 1 N–H and O–H groups in total. The lowest BCUT2D eigenvalue weighted by Crippen LogP contribution is -2.07. The lowest BCUT2D eigenvalue weighted by molar-refractivity contribution is 0.897. The normalized spacial score (nSPS) is 15.6. The summed E-state index contributed by atoms with van der Waals surface area (Å²) < 4.78 is 0. The van der Waals surface area contributed by atoms with Gasteiger partial charge in [-0.3, -0.25) is 0 Å². The van der Waals surface area contributed by atoms with E-state index in [0.717, 1.165) is 13.1 Å². The molecule has 74 valence electrons. The topological polar surface area (TPSA) is 12.0 Å². The highest BCUT2D eigenvalue weighted by atomic mass is 14.9. The van der Waals surface area contributed by atoms with E-state index in [1.54, 1.807) is 0 Å². The maximum atomic E-state index is 3.32. The third-order valence-corrected chi connectivity index (χ3v) is 2.67. The van der Waals surface area contributed by atoms with Crippen LogP contribution in [0.25, 0.3) is 5.57 Å². The van der Waals surface area contributed by atoms with Crippen molar-refractivity contribution in [3.63, 3.8) is 0 Å². The van der Waals surface area contributed by atoms with Crippen molar-refractivity contribution in [1.29, 1.82) is 0 Å². The van der Waals surface area contributed by atoms with E-state index >= 15 is 0 Å². The number of rotatable bonds is 3. The molecule has 1 heteroatoms. The Bertz CT molecular complexity index is 322. The Hall–Kier alpha value is -1.08. The zero-order chi connectivity index (χ0) is 9.80. The van der Waals surface area contributed by atoms with Gasteiger partial charge >= 0.3 is 0 Å². The van der Waals surface area contributed by atoms with Crippen LogP contribution in [0.15, 0.2) is 30.3 Å². The minimum absolute atomic E-state index is 1.02. The van der Waals surface area contributed by atoms with Crippen molar-refractivity contribution in [2.75, 3.05) is 13.1 Å². The van der Waals surface area contributed by atoms with Crippen LogP contribution in [0.3, 0.4) is 0 Å². The van der Waals surface area contributed by atoms with Crippen molar-refractivity contribution in [1.82, 2.24) is 5.32 Å². The number of nitrogens with one attached hydrogen (secondary N) is 1. The van der Waals surface area contributed by atoms with Crippen molar-refractivity contribution in [2.45, 2.75) is 19.8 Å². The van der Waals surface area contributed by atoms with Crippen molar-refractivity contribution in [3.05, 3.63) is 41.5 Å². The summed E-state index contributed by atoms with van der Waals surface area (Å²) in [5.74, 6) is 0. The van der Waals surface area contributed by atoms with Gasteiger partial charge in [-0.2, -0.15) is 0 Å². The Morgan fingerprint density at radius 2 is 2.00 bits per heavy atom. The van der Waals surface area contributed by atoms with Crippen molar-refractivity contribution in [2.24, 2.45) is 0 Å². The number of aryl methyl sites for hydroxylation is 1. The first-order valence-electron chi connectivity index (χ1n) is 5.39. The first kappa shape index (κ1) is 9.47. The van der Waals surface area contributed by atoms with Crippen LogP contribution in [0.4, 0.5) is 0 Å². The highest BCUT2D eigenvalue weighted by Gasteiger charge is 2.05. The second-order valence-electron chi connectivity index (χ2n) is 3.81. The minimum atomic E-state index is 1.02. The van der Waals surface area contributed by atoms with Gasteiger partial charge in [0.25, 0.3) is 0 Å². The summed E-state index contributed by atoms with van der Waals surface area (Å²) in [5, 5.41) is 3.32. The molecular weight excluding hydrogens is 170 g/mol. The number of hydrogen-bond acceptors (Lipinski definition) is 1. The molecule has 1 aliphatic rings. The fourth-order valence-electron chi connectivity index (χ4n) is 1.87. The van der Waals surface area contributed by atoms with Gasteiger partial charge in [-0.05, 0) is 23.1 Å². The molecule has 0 radical (unpaired) electrons. The van der Waals surface area contributed by atoms with Crippen LogP contribution in [-0.2, 0) is 6.42 Å². The second kappa shape index (κ2) is 4.43. The van der Waals surface area contributed by atoms with Crippen molar-refractivity contribution in [3.8, 4) is 0 Å². The molecule has 1 heterocycles. The summed E-state index contributed by atoms with van der Waals surface area (Å²) in [6, 6.07) is 8.98. The molecule has 14 heavy (non-hydrogen) atoms. The van der Waals surface area contributed by atoms with E-state index in [4.69, 9.17) is 0 Å². The fraction of sp³-hybridized carbons (Fsp3) is 0.385. The standard InChI is InChI=1S/C13H17N/c1-2-3-11-4-6-12(7-5-11)13-8-9-14-10-13/h4-8,14H,2-3,9-10H2,1H3. The minimum Gasteiger partial charge on any atom is -0.309 e. The molecule has 0 amide bonds. The van der Waals surface area contributed by atoms with E-state index in [1.165, 1.54) is 29.5 Å². The summed E-state index contributed by atoms with van der Waals surface area (Å²) >= 11 is 0. The summed E-state index contributed by atoms with van der Waals surface area (Å²) in [6.45, 7) is 4.26. The average Bonchev–Trinajstić information content (AvgIpc) is 2.72. The van der Waals surface area contributed by atoms with Gasteiger partial charge in [-0.15, -0.1) is 0 Å². The van der Waals surface area contributed by atoms with Gasteiger partial charge in [-0.25, -0.2) is 0 Å². The summed E-state index contributed by atoms with van der Waals surface area (Å²) in [6.07, 6.45) is 4.69. The number of benzene rings is 1. The molecule has 1 aliphatic heterocycles. The molecule has 2 rings (SSSR count). The lowest BCUT2D eigenvalue weighted by Gasteiger charge is -2.03. The first-order valence-corrected chi connectivity index (χ1v) is 5.39. The average molecular weight is 187 g/mol. The van der Waals surface area contributed by atoms with Crippen LogP contribution < -0.4 is 5.32 Å². The van der Waals surface area contributed by atoms with Gasteiger partial charge in [0.15, 0.2) is 0 Å². The molecule has 0 atom stereocenters. The van der Waals surface area contributed by atoms with Gasteiger partial charge in [0.2, 0.25) is 0 Å². The highest BCUT2D eigenvalue weighted by Crippen LogP contribution is 2.17. The van der Waals surface area contributed by atoms with Crippen molar-refractivity contribution >= 4 is 5.57 Å². The zero-order valence-electron chi connectivity index (χ0n) is 8.72. The Kier molecular flexibility index (Phi) is 3.00. The predicted molar refractivity (Wildman–Crippen MR) is 61.3 cm³/mol. The smallest absolute Gasteiger partial charge is 0.0211 e. The summed E-state index contributed by atoms with van der Waals surface area (Å²) in [4.78, 5) is 0. The lowest BCUT2D eigenvalue weighted by atomic mass is 10.0. The third kappa shape index (κ3) is 2.05. The molecule has 0 saturated heterocycles. The van der Waals surface area contributed by atoms with Crippen LogP contribution in [0.5, 0.6) is 0 Å². The molecule has 0 aliphatic carbocycles. The van der Waals surface area contributed by atoms with Gasteiger partial charge in [-0.1, -0.05) is 43.7 Å². The molecule has 0 bridgehead atoms. The number of hydrogen-bond donors (Lipinski definition) is 1. The van der Waals surface area contributed by atoms with Crippen LogP contribution in [-0.4, -0.2) is 13.1 Å². The quantitative estimate of drug-likeness (QED) is 0.767.